The molecule has 2 rings (SSSR count). The normalized spacial score (nSPS) is 23.2. The second-order valence-corrected chi connectivity index (χ2v) is 4.85. The third-order valence-corrected chi connectivity index (χ3v) is 3.40. The van der Waals surface area contributed by atoms with Crippen LogP contribution in [0.15, 0.2) is 35.9 Å². The Kier molecular flexibility index (Phi) is 3.62. The van der Waals surface area contributed by atoms with Crippen LogP contribution in [0, 0.1) is 5.92 Å². The lowest BCUT2D eigenvalue weighted by Crippen LogP contribution is -2.11. The lowest BCUT2D eigenvalue weighted by molar-refractivity contribution is -0.130. The molecule has 1 atom stereocenters. The average molecular weight is 230 g/mol. The maximum absolute atomic E-state index is 11.4. The van der Waals surface area contributed by atoms with Crippen LogP contribution in [0.5, 0.6) is 0 Å². The molecule has 0 aliphatic heterocycles. The third-order valence-electron chi connectivity index (χ3n) is 3.40. The van der Waals surface area contributed by atoms with E-state index in [2.05, 4.69) is 6.92 Å². The number of carbonyl (C=O) groups is 1. The van der Waals surface area contributed by atoms with E-state index in [0.717, 1.165) is 30.4 Å². The summed E-state index contributed by atoms with van der Waals surface area (Å²) >= 11 is 0. The molecule has 1 aliphatic carbocycles. The predicted octanol–water partition coefficient (Wildman–Crippen LogP) is 3.73. The van der Waals surface area contributed by atoms with Crippen molar-refractivity contribution in [3.05, 3.63) is 41.5 Å². The molecule has 0 heterocycles. The first-order chi connectivity index (χ1) is 8.18. The van der Waals surface area contributed by atoms with Crippen LogP contribution in [-0.4, -0.2) is 11.1 Å². The van der Waals surface area contributed by atoms with Crippen molar-refractivity contribution >= 4 is 11.5 Å². The zero-order valence-electron chi connectivity index (χ0n) is 10.1. The molecule has 1 N–H and O–H groups in total. The Bertz CT molecular complexity index is 431. The van der Waals surface area contributed by atoms with Gasteiger partial charge in [0.25, 0.3) is 0 Å². The first-order valence-electron chi connectivity index (χ1n) is 6.19. The summed E-state index contributed by atoms with van der Waals surface area (Å²) in [6.07, 6.45) is 4.18. The maximum Gasteiger partial charge on any atom is 0.336 e. The molecule has 0 spiro atoms. The number of carboxylic acids is 1. The minimum atomic E-state index is -0.791. The molecule has 0 aromatic heterocycles. The van der Waals surface area contributed by atoms with Gasteiger partial charge in [0.1, 0.15) is 0 Å². The third kappa shape index (κ3) is 2.76. The van der Waals surface area contributed by atoms with Crippen molar-refractivity contribution in [3.63, 3.8) is 0 Å². The molecule has 90 valence electrons. The van der Waals surface area contributed by atoms with E-state index in [1.807, 2.05) is 30.3 Å². The standard InChI is InChI=1S/C15H18O2/c1-11-6-5-9-13(10-11)14(15(16)17)12-7-3-2-4-8-12/h2-4,7-8,11H,5-6,9-10H2,1H3,(H,16,17)/b14-13+. The van der Waals surface area contributed by atoms with E-state index < -0.39 is 5.97 Å². The first-order valence-corrected chi connectivity index (χ1v) is 6.19. The van der Waals surface area contributed by atoms with E-state index in [4.69, 9.17) is 0 Å². The Hall–Kier alpha value is -1.57. The number of allylic oxidation sites excluding steroid dienone is 1. The SMILES string of the molecule is CC1CCC/C(=C(\C(=O)O)c2ccccc2)C1. The van der Waals surface area contributed by atoms with Crippen LogP contribution in [0.25, 0.3) is 5.57 Å². The Morgan fingerprint density at radius 3 is 2.59 bits per heavy atom. The molecule has 0 amide bonds. The average Bonchev–Trinajstić information content (AvgIpc) is 2.30. The first kappa shape index (κ1) is 11.9. The van der Waals surface area contributed by atoms with Gasteiger partial charge in [-0.15, -0.1) is 0 Å². The monoisotopic (exact) mass is 230 g/mol. The fourth-order valence-corrected chi connectivity index (χ4v) is 2.60. The number of benzene rings is 1. The molecular weight excluding hydrogens is 212 g/mol. The van der Waals surface area contributed by atoms with Gasteiger partial charge >= 0.3 is 5.97 Å². The van der Waals surface area contributed by atoms with Gasteiger partial charge in [-0.1, -0.05) is 49.2 Å². The second kappa shape index (κ2) is 5.17. The number of hydrogen-bond donors (Lipinski definition) is 1. The summed E-state index contributed by atoms with van der Waals surface area (Å²) < 4.78 is 0. The summed E-state index contributed by atoms with van der Waals surface area (Å²) in [6.45, 7) is 2.20. The van der Waals surface area contributed by atoms with Crippen LogP contribution >= 0.6 is 0 Å². The van der Waals surface area contributed by atoms with Gasteiger partial charge in [-0.25, -0.2) is 4.79 Å². The number of hydrogen-bond acceptors (Lipinski definition) is 1. The van der Waals surface area contributed by atoms with Crippen molar-refractivity contribution in [3.8, 4) is 0 Å². The van der Waals surface area contributed by atoms with E-state index in [1.54, 1.807) is 0 Å². The fraction of sp³-hybridized carbons (Fsp3) is 0.400. The van der Waals surface area contributed by atoms with Crippen LogP contribution in [0.4, 0.5) is 0 Å². The van der Waals surface area contributed by atoms with E-state index in [1.165, 1.54) is 6.42 Å². The van der Waals surface area contributed by atoms with Gasteiger partial charge in [0.2, 0.25) is 0 Å². The molecule has 1 aromatic carbocycles. The molecule has 1 saturated carbocycles. The minimum Gasteiger partial charge on any atom is -0.478 e. The summed E-state index contributed by atoms with van der Waals surface area (Å²) in [5.41, 5.74) is 2.48. The van der Waals surface area contributed by atoms with E-state index in [0.29, 0.717) is 11.5 Å². The zero-order chi connectivity index (χ0) is 12.3. The van der Waals surface area contributed by atoms with Crippen molar-refractivity contribution < 1.29 is 9.90 Å². The lowest BCUT2D eigenvalue weighted by atomic mass is 9.83. The Morgan fingerprint density at radius 2 is 2.00 bits per heavy atom. The summed E-state index contributed by atoms with van der Waals surface area (Å²) in [6, 6.07) is 9.47. The lowest BCUT2D eigenvalue weighted by Gasteiger charge is -2.22. The maximum atomic E-state index is 11.4. The molecule has 0 saturated heterocycles. The van der Waals surface area contributed by atoms with Gasteiger partial charge in [-0.2, -0.15) is 0 Å². The zero-order valence-corrected chi connectivity index (χ0v) is 10.1. The molecule has 1 fully saturated rings. The summed E-state index contributed by atoms with van der Waals surface area (Å²) in [7, 11) is 0. The van der Waals surface area contributed by atoms with Gasteiger partial charge in [-0.3, -0.25) is 0 Å². The summed E-state index contributed by atoms with van der Waals surface area (Å²) in [5.74, 6) is -0.183. The highest BCUT2D eigenvalue weighted by atomic mass is 16.4. The molecule has 2 heteroatoms. The van der Waals surface area contributed by atoms with E-state index in [-0.39, 0.29) is 0 Å². The highest BCUT2D eigenvalue weighted by Gasteiger charge is 2.21. The van der Waals surface area contributed by atoms with Crippen molar-refractivity contribution in [2.75, 3.05) is 0 Å². The number of rotatable bonds is 2. The smallest absolute Gasteiger partial charge is 0.336 e. The van der Waals surface area contributed by atoms with E-state index >= 15 is 0 Å². The Morgan fingerprint density at radius 1 is 1.29 bits per heavy atom. The molecule has 1 unspecified atom stereocenters. The minimum absolute atomic E-state index is 0.525. The van der Waals surface area contributed by atoms with Crippen molar-refractivity contribution in [1.29, 1.82) is 0 Å². The summed E-state index contributed by atoms with van der Waals surface area (Å²) in [4.78, 5) is 11.4. The molecule has 17 heavy (non-hydrogen) atoms. The van der Waals surface area contributed by atoms with Gasteiger partial charge in [0.15, 0.2) is 0 Å². The Balaban J connectivity index is 2.41. The van der Waals surface area contributed by atoms with Gasteiger partial charge in [0.05, 0.1) is 5.57 Å². The molecule has 0 radical (unpaired) electrons. The van der Waals surface area contributed by atoms with Crippen LogP contribution < -0.4 is 0 Å². The van der Waals surface area contributed by atoms with Crippen molar-refractivity contribution in [2.45, 2.75) is 32.6 Å². The summed E-state index contributed by atoms with van der Waals surface area (Å²) in [5, 5.41) is 9.41. The van der Waals surface area contributed by atoms with Crippen LogP contribution in [-0.2, 0) is 4.79 Å². The topological polar surface area (TPSA) is 37.3 Å². The van der Waals surface area contributed by atoms with Gasteiger partial charge in [0, 0.05) is 0 Å². The second-order valence-electron chi connectivity index (χ2n) is 4.85. The quantitative estimate of drug-likeness (QED) is 0.786. The molecule has 0 bridgehead atoms. The van der Waals surface area contributed by atoms with Crippen molar-refractivity contribution in [1.82, 2.24) is 0 Å². The van der Waals surface area contributed by atoms with Crippen LogP contribution in [0.2, 0.25) is 0 Å². The molecule has 1 aliphatic rings. The van der Waals surface area contributed by atoms with E-state index in [9.17, 15) is 9.90 Å². The van der Waals surface area contributed by atoms with Crippen LogP contribution in [0.3, 0.4) is 0 Å². The predicted molar refractivity (Wildman–Crippen MR) is 68.6 cm³/mol. The van der Waals surface area contributed by atoms with Gasteiger partial charge < -0.3 is 5.11 Å². The van der Waals surface area contributed by atoms with Gasteiger partial charge in [-0.05, 0) is 30.7 Å². The largest absolute Gasteiger partial charge is 0.478 e. The van der Waals surface area contributed by atoms with Crippen molar-refractivity contribution in [2.24, 2.45) is 5.92 Å². The fourth-order valence-electron chi connectivity index (χ4n) is 2.60. The Labute approximate surface area is 102 Å². The molecule has 2 nitrogen and oxygen atoms in total. The molecule has 1 aromatic rings. The highest BCUT2D eigenvalue weighted by Crippen LogP contribution is 2.33. The number of aliphatic carboxylic acids is 1. The number of carboxylic acid groups (broad SMARTS) is 1. The van der Waals surface area contributed by atoms with Crippen LogP contribution in [0.1, 0.15) is 38.2 Å². The highest BCUT2D eigenvalue weighted by molar-refractivity contribution is 6.16. The molecular formula is C15H18O2.